The van der Waals surface area contributed by atoms with E-state index in [1.807, 2.05) is 5.57 Å². The molecule has 0 aromatic rings. The fourth-order valence-electron chi connectivity index (χ4n) is 9.78. The van der Waals surface area contributed by atoms with E-state index in [9.17, 15) is 0 Å². The van der Waals surface area contributed by atoms with E-state index in [0.717, 1.165) is 17.8 Å². The maximum absolute atomic E-state index is 2.76. The van der Waals surface area contributed by atoms with Crippen molar-refractivity contribution < 1.29 is 0 Å². The Hall–Kier alpha value is -0.260. The first-order valence-corrected chi connectivity index (χ1v) is 13.2. The van der Waals surface area contributed by atoms with Crippen LogP contribution < -0.4 is 0 Å². The maximum atomic E-state index is 2.76. The standard InChI is InChI=1S/C29H50/c1-9-10-11-22(3)26(5)18-19-29(8)27(6)16-13-23-20-21(2)12-15-25(23,4)24(27)14-17-28(26,29)7/h13,21-22,24H,9-12,14-20H2,1-8H3/t21-,22+,24?,25-,26+,27+,28+,29-/m0/s1. The quantitative estimate of drug-likeness (QED) is 0.414. The summed E-state index contributed by atoms with van der Waals surface area (Å²) in [7, 11) is 0. The van der Waals surface area contributed by atoms with Crippen LogP contribution in [0.3, 0.4) is 0 Å². The molecule has 4 aliphatic rings. The van der Waals surface area contributed by atoms with Crippen molar-refractivity contribution in [2.24, 2.45) is 44.8 Å². The number of rotatable bonds is 4. The number of unbranched alkanes of at least 4 members (excludes halogenated alkanes) is 1. The Morgan fingerprint density at radius 2 is 1.69 bits per heavy atom. The molecule has 0 N–H and O–H groups in total. The van der Waals surface area contributed by atoms with Gasteiger partial charge in [0.1, 0.15) is 0 Å². The summed E-state index contributed by atoms with van der Waals surface area (Å²) in [6, 6.07) is 0. The molecule has 4 aliphatic carbocycles. The van der Waals surface area contributed by atoms with E-state index in [-0.39, 0.29) is 0 Å². The van der Waals surface area contributed by atoms with Gasteiger partial charge in [0.25, 0.3) is 0 Å². The third-order valence-corrected chi connectivity index (χ3v) is 12.7. The van der Waals surface area contributed by atoms with Crippen LogP contribution in [0.25, 0.3) is 0 Å². The Kier molecular flexibility index (Phi) is 5.20. The summed E-state index contributed by atoms with van der Waals surface area (Å²) in [5.74, 6) is 2.65. The lowest BCUT2D eigenvalue weighted by molar-refractivity contribution is -0.189. The molecular formula is C29H50. The summed E-state index contributed by atoms with van der Waals surface area (Å²) < 4.78 is 0. The largest absolute Gasteiger partial charge is 0.0842 e. The number of fused-ring (bicyclic) bond motifs is 5. The summed E-state index contributed by atoms with van der Waals surface area (Å²) in [5, 5.41) is 0. The van der Waals surface area contributed by atoms with E-state index in [4.69, 9.17) is 0 Å². The van der Waals surface area contributed by atoms with Gasteiger partial charge in [0.05, 0.1) is 0 Å². The predicted octanol–water partition coefficient (Wildman–Crippen LogP) is 9.20. The monoisotopic (exact) mass is 398 g/mol. The third kappa shape index (κ3) is 2.62. The molecule has 166 valence electrons. The van der Waals surface area contributed by atoms with Crippen LogP contribution in [0.1, 0.15) is 126 Å². The van der Waals surface area contributed by atoms with Gasteiger partial charge < -0.3 is 0 Å². The minimum atomic E-state index is 0.473. The topological polar surface area (TPSA) is 0 Å². The predicted molar refractivity (Wildman–Crippen MR) is 127 cm³/mol. The molecule has 0 bridgehead atoms. The van der Waals surface area contributed by atoms with Crippen molar-refractivity contribution in [3.05, 3.63) is 11.6 Å². The van der Waals surface area contributed by atoms with Crippen molar-refractivity contribution in [1.82, 2.24) is 0 Å². The van der Waals surface area contributed by atoms with Crippen LogP contribution in [0.15, 0.2) is 11.6 Å². The third-order valence-electron chi connectivity index (χ3n) is 12.7. The van der Waals surface area contributed by atoms with E-state index >= 15 is 0 Å². The van der Waals surface area contributed by atoms with Crippen LogP contribution in [-0.4, -0.2) is 0 Å². The molecule has 0 spiro atoms. The SMILES string of the molecule is CCCC[C@@H](C)[C@@]1(C)CC[C@]2(C)[C@]1(C)CCC1[C@@]3(C)CC[C@H](C)CC3=CC[C@]12C. The molecule has 0 amide bonds. The van der Waals surface area contributed by atoms with Gasteiger partial charge in [-0.25, -0.2) is 0 Å². The van der Waals surface area contributed by atoms with Crippen molar-refractivity contribution in [3.63, 3.8) is 0 Å². The second-order valence-electron chi connectivity index (χ2n) is 13.3. The molecule has 0 aliphatic heterocycles. The molecule has 29 heavy (non-hydrogen) atoms. The second kappa shape index (κ2) is 6.87. The average molecular weight is 399 g/mol. The Morgan fingerprint density at radius 1 is 0.966 bits per heavy atom. The van der Waals surface area contributed by atoms with Crippen molar-refractivity contribution >= 4 is 0 Å². The summed E-state index contributed by atoms with van der Waals surface area (Å²) in [4.78, 5) is 0. The molecule has 0 heterocycles. The van der Waals surface area contributed by atoms with Crippen molar-refractivity contribution in [2.75, 3.05) is 0 Å². The number of hydrogen-bond donors (Lipinski definition) is 0. The Bertz CT molecular complexity index is 674. The Labute approximate surface area is 182 Å². The Balaban J connectivity index is 1.73. The molecule has 1 unspecified atom stereocenters. The molecule has 0 saturated heterocycles. The van der Waals surface area contributed by atoms with Crippen LogP contribution in [0.4, 0.5) is 0 Å². The molecular weight excluding hydrogens is 348 g/mol. The van der Waals surface area contributed by atoms with E-state index in [1.54, 1.807) is 0 Å². The van der Waals surface area contributed by atoms with Crippen molar-refractivity contribution in [2.45, 2.75) is 126 Å². The normalized spacial score (nSPS) is 52.9. The van der Waals surface area contributed by atoms with E-state index < -0.39 is 0 Å². The van der Waals surface area contributed by atoms with Gasteiger partial charge in [-0.15, -0.1) is 0 Å². The highest BCUT2D eigenvalue weighted by molar-refractivity contribution is 5.30. The highest BCUT2D eigenvalue weighted by Gasteiger charge is 2.72. The zero-order valence-electron chi connectivity index (χ0n) is 21.1. The van der Waals surface area contributed by atoms with Crippen molar-refractivity contribution in [3.8, 4) is 0 Å². The lowest BCUT2D eigenvalue weighted by atomic mass is 9.35. The summed E-state index contributed by atoms with van der Waals surface area (Å²) in [6.45, 7) is 21.1. The van der Waals surface area contributed by atoms with Gasteiger partial charge in [-0.3, -0.25) is 0 Å². The highest BCUT2D eigenvalue weighted by atomic mass is 14.8. The summed E-state index contributed by atoms with van der Waals surface area (Å²) >= 11 is 0. The van der Waals surface area contributed by atoms with Gasteiger partial charge in [0.15, 0.2) is 0 Å². The molecule has 0 radical (unpaired) electrons. The maximum Gasteiger partial charge on any atom is -0.00824 e. The molecule has 8 atom stereocenters. The zero-order chi connectivity index (χ0) is 21.3. The molecule has 0 heteroatoms. The van der Waals surface area contributed by atoms with Crippen LogP contribution in [0.5, 0.6) is 0 Å². The van der Waals surface area contributed by atoms with Gasteiger partial charge in [0.2, 0.25) is 0 Å². The lowest BCUT2D eigenvalue weighted by Gasteiger charge is -2.69. The van der Waals surface area contributed by atoms with Gasteiger partial charge >= 0.3 is 0 Å². The van der Waals surface area contributed by atoms with Crippen LogP contribution >= 0.6 is 0 Å². The van der Waals surface area contributed by atoms with E-state index in [0.29, 0.717) is 27.1 Å². The number of hydrogen-bond acceptors (Lipinski definition) is 0. The van der Waals surface area contributed by atoms with Gasteiger partial charge in [-0.05, 0) is 96.2 Å². The van der Waals surface area contributed by atoms with Crippen LogP contribution in [-0.2, 0) is 0 Å². The first-order chi connectivity index (χ1) is 13.5. The summed E-state index contributed by atoms with van der Waals surface area (Å²) in [5.41, 5.74) is 4.28. The Morgan fingerprint density at radius 3 is 2.38 bits per heavy atom. The lowest BCUT2D eigenvalue weighted by Crippen LogP contribution is -2.62. The number of allylic oxidation sites excluding steroid dienone is 2. The zero-order valence-corrected chi connectivity index (χ0v) is 21.1. The first kappa shape index (κ1) is 22.0. The minimum Gasteiger partial charge on any atom is -0.0842 e. The minimum absolute atomic E-state index is 0.473. The van der Waals surface area contributed by atoms with E-state index in [1.165, 1.54) is 70.6 Å². The molecule has 0 aromatic carbocycles. The van der Waals surface area contributed by atoms with Crippen LogP contribution in [0.2, 0.25) is 0 Å². The molecule has 0 nitrogen and oxygen atoms in total. The van der Waals surface area contributed by atoms with Crippen molar-refractivity contribution in [1.29, 1.82) is 0 Å². The smallest absolute Gasteiger partial charge is 0.00824 e. The van der Waals surface area contributed by atoms with Gasteiger partial charge in [0, 0.05) is 0 Å². The van der Waals surface area contributed by atoms with E-state index in [2.05, 4.69) is 61.5 Å². The first-order valence-electron chi connectivity index (χ1n) is 13.2. The second-order valence-corrected chi connectivity index (χ2v) is 13.3. The molecule has 4 rings (SSSR count). The fraction of sp³-hybridized carbons (Fsp3) is 0.931. The molecule has 3 fully saturated rings. The average Bonchev–Trinajstić information content (AvgIpc) is 2.90. The summed E-state index contributed by atoms with van der Waals surface area (Å²) in [6.07, 6.45) is 18.4. The molecule has 0 aromatic heterocycles. The van der Waals surface area contributed by atoms with Gasteiger partial charge in [-0.2, -0.15) is 0 Å². The fourth-order valence-corrected chi connectivity index (χ4v) is 9.78. The van der Waals surface area contributed by atoms with Crippen LogP contribution in [0, 0.1) is 44.8 Å². The highest BCUT2D eigenvalue weighted by Crippen LogP contribution is 2.80. The molecule has 3 saturated carbocycles. The van der Waals surface area contributed by atoms with Gasteiger partial charge in [-0.1, -0.05) is 86.3 Å².